The van der Waals surface area contributed by atoms with Crippen LogP contribution in [-0.2, 0) is 9.53 Å². The number of hydrogen-bond acceptors (Lipinski definition) is 2. The van der Waals surface area contributed by atoms with Gasteiger partial charge >= 0.3 is 0 Å². The minimum atomic E-state index is -0.0879. The molecule has 2 nitrogen and oxygen atoms in total. The fourth-order valence-corrected chi connectivity index (χ4v) is 2.51. The van der Waals surface area contributed by atoms with Gasteiger partial charge in [0.05, 0.1) is 0 Å². The molecule has 0 spiro atoms. The highest BCUT2D eigenvalue weighted by Crippen LogP contribution is 2.22. The van der Waals surface area contributed by atoms with E-state index < -0.39 is 0 Å². The van der Waals surface area contributed by atoms with Crippen molar-refractivity contribution in [2.45, 2.75) is 77.7 Å². The fourth-order valence-electron chi connectivity index (χ4n) is 2.51. The van der Waals surface area contributed by atoms with Crippen molar-refractivity contribution in [2.75, 3.05) is 6.61 Å². The average molecular weight is 240 g/mol. The van der Waals surface area contributed by atoms with Crippen LogP contribution in [0.5, 0.6) is 0 Å². The minimum absolute atomic E-state index is 0.0879. The summed E-state index contributed by atoms with van der Waals surface area (Å²) in [7, 11) is 0. The molecule has 0 radical (unpaired) electrons. The summed E-state index contributed by atoms with van der Waals surface area (Å²) in [6.07, 6.45) is 10.6. The summed E-state index contributed by atoms with van der Waals surface area (Å²) in [6, 6.07) is 0. The van der Waals surface area contributed by atoms with Crippen molar-refractivity contribution in [2.24, 2.45) is 5.92 Å². The zero-order chi connectivity index (χ0) is 12.5. The molecule has 2 atom stereocenters. The first-order chi connectivity index (χ1) is 8.25. The summed E-state index contributed by atoms with van der Waals surface area (Å²) in [4.78, 5) is 11.9. The van der Waals surface area contributed by atoms with Gasteiger partial charge in [-0.05, 0) is 18.8 Å². The Morgan fingerprint density at radius 3 is 2.35 bits per heavy atom. The monoisotopic (exact) mass is 240 g/mol. The summed E-state index contributed by atoms with van der Waals surface area (Å²) in [5.74, 6) is 0.774. The van der Waals surface area contributed by atoms with Gasteiger partial charge in [0, 0.05) is 13.0 Å². The van der Waals surface area contributed by atoms with Crippen LogP contribution in [0.2, 0.25) is 0 Å². The molecule has 2 heteroatoms. The molecule has 0 aliphatic carbocycles. The molecule has 100 valence electrons. The molecule has 1 aliphatic heterocycles. The number of unbranched alkanes of at least 4 members (excludes halogenated alkanes) is 6. The van der Waals surface area contributed by atoms with Crippen molar-refractivity contribution in [3.05, 3.63) is 0 Å². The Labute approximate surface area is 106 Å². The Kier molecular flexibility index (Phi) is 7.50. The molecule has 0 saturated carbocycles. The molecule has 0 amide bonds. The molecule has 0 aromatic rings. The molecule has 17 heavy (non-hydrogen) atoms. The molecule has 0 aromatic heterocycles. The van der Waals surface area contributed by atoms with Gasteiger partial charge in [0.25, 0.3) is 0 Å². The molecule has 1 heterocycles. The van der Waals surface area contributed by atoms with Crippen LogP contribution in [0, 0.1) is 5.92 Å². The molecule has 0 bridgehead atoms. The molecular weight excluding hydrogens is 212 g/mol. The third-order valence-corrected chi connectivity index (χ3v) is 3.73. The van der Waals surface area contributed by atoms with Gasteiger partial charge in [-0.15, -0.1) is 0 Å². The first kappa shape index (κ1) is 14.7. The van der Waals surface area contributed by atoms with Crippen LogP contribution in [0.15, 0.2) is 0 Å². The van der Waals surface area contributed by atoms with Crippen molar-refractivity contribution >= 4 is 5.78 Å². The highest BCUT2D eigenvalue weighted by Gasteiger charge is 2.29. The van der Waals surface area contributed by atoms with E-state index in [0.29, 0.717) is 11.7 Å². The number of Topliss-reactive ketones (excluding diaryl/α,β-unsaturated/α-hetero) is 1. The molecule has 1 saturated heterocycles. The third-order valence-electron chi connectivity index (χ3n) is 3.73. The van der Waals surface area contributed by atoms with Crippen LogP contribution < -0.4 is 0 Å². The first-order valence-electron chi connectivity index (χ1n) is 7.40. The van der Waals surface area contributed by atoms with E-state index in [1.54, 1.807) is 0 Å². The first-order valence-corrected chi connectivity index (χ1v) is 7.40. The Hall–Kier alpha value is -0.370. The minimum Gasteiger partial charge on any atom is -0.370 e. The van der Waals surface area contributed by atoms with Crippen molar-refractivity contribution in [1.29, 1.82) is 0 Å². The lowest BCUT2D eigenvalue weighted by atomic mass is 9.97. The number of ketones is 1. The van der Waals surface area contributed by atoms with Gasteiger partial charge in [-0.25, -0.2) is 0 Å². The lowest BCUT2D eigenvalue weighted by Crippen LogP contribution is -2.24. The lowest BCUT2D eigenvalue weighted by Gasteiger charge is -2.12. The molecule has 1 fully saturated rings. The van der Waals surface area contributed by atoms with Gasteiger partial charge in [0.15, 0.2) is 5.78 Å². The number of carbonyl (C=O) groups excluding carboxylic acids is 1. The molecule has 1 rings (SSSR count). The van der Waals surface area contributed by atoms with Crippen LogP contribution in [0.1, 0.15) is 71.6 Å². The number of rotatable bonds is 9. The zero-order valence-electron chi connectivity index (χ0n) is 11.5. The summed E-state index contributed by atoms with van der Waals surface area (Å²) in [6.45, 7) is 5.14. The number of ether oxygens (including phenoxy) is 1. The third kappa shape index (κ3) is 5.67. The number of carbonyl (C=O) groups is 1. The second-order valence-corrected chi connectivity index (χ2v) is 5.39. The summed E-state index contributed by atoms with van der Waals surface area (Å²) in [5, 5.41) is 0. The van der Waals surface area contributed by atoms with Gasteiger partial charge in [-0.3, -0.25) is 4.79 Å². The Balaban J connectivity index is 1.97. The van der Waals surface area contributed by atoms with Crippen LogP contribution >= 0.6 is 0 Å². The fraction of sp³-hybridized carbons (Fsp3) is 0.933. The van der Waals surface area contributed by atoms with Crippen molar-refractivity contribution in [3.63, 3.8) is 0 Å². The zero-order valence-corrected chi connectivity index (χ0v) is 11.5. The predicted molar refractivity (Wildman–Crippen MR) is 71.1 cm³/mol. The smallest absolute Gasteiger partial charge is 0.161 e. The second kappa shape index (κ2) is 8.68. The van der Waals surface area contributed by atoms with Crippen LogP contribution in [0.25, 0.3) is 0 Å². The maximum atomic E-state index is 11.9. The normalized spacial score (nSPS) is 24.1. The van der Waals surface area contributed by atoms with Crippen molar-refractivity contribution < 1.29 is 9.53 Å². The van der Waals surface area contributed by atoms with Crippen LogP contribution in [0.4, 0.5) is 0 Å². The Bertz CT molecular complexity index is 213. The van der Waals surface area contributed by atoms with E-state index >= 15 is 0 Å². The van der Waals surface area contributed by atoms with E-state index in [1.807, 2.05) is 0 Å². The molecule has 0 N–H and O–H groups in total. The van der Waals surface area contributed by atoms with Gasteiger partial charge in [0.1, 0.15) is 6.10 Å². The SMILES string of the molecule is CCCCCCCCCC(=O)C1OCCC1C. The highest BCUT2D eigenvalue weighted by atomic mass is 16.5. The van der Waals surface area contributed by atoms with Gasteiger partial charge < -0.3 is 4.74 Å². The van der Waals surface area contributed by atoms with Crippen molar-refractivity contribution in [3.8, 4) is 0 Å². The van der Waals surface area contributed by atoms with Crippen LogP contribution in [-0.4, -0.2) is 18.5 Å². The van der Waals surface area contributed by atoms with Crippen molar-refractivity contribution in [1.82, 2.24) is 0 Å². The Morgan fingerprint density at radius 2 is 1.76 bits per heavy atom. The largest absolute Gasteiger partial charge is 0.370 e. The molecule has 0 aromatic carbocycles. The maximum absolute atomic E-state index is 11.9. The van der Waals surface area contributed by atoms with E-state index in [9.17, 15) is 4.79 Å². The topological polar surface area (TPSA) is 26.3 Å². The average Bonchev–Trinajstić information content (AvgIpc) is 2.74. The van der Waals surface area contributed by atoms with Crippen LogP contribution in [0.3, 0.4) is 0 Å². The Morgan fingerprint density at radius 1 is 1.12 bits per heavy atom. The van der Waals surface area contributed by atoms with E-state index in [4.69, 9.17) is 4.74 Å². The van der Waals surface area contributed by atoms with Gasteiger partial charge in [-0.1, -0.05) is 52.4 Å². The highest BCUT2D eigenvalue weighted by molar-refractivity contribution is 5.83. The maximum Gasteiger partial charge on any atom is 0.161 e. The van der Waals surface area contributed by atoms with Gasteiger partial charge in [0.2, 0.25) is 0 Å². The molecule has 1 aliphatic rings. The van der Waals surface area contributed by atoms with E-state index in [1.165, 1.54) is 38.5 Å². The van der Waals surface area contributed by atoms with E-state index in [-0.39, 0.29) is 6.10 Å². The summed E-state index contributed by atoms with van der Waals surface area (Å²) in [5.41, 5.74) is 0. The van der Waals surface area contributed by atoms with Gasteiger partial charge in [-0.2, -0.15) is 0 Å². The summed E-state index contributed by atoms with van der Waals surface area (Å²) >= 11 is 0. The quantitative estimate of drug-likeness (QED) is 0.567. The molecule has 2 unspecified atom stereocenters. The number of hydrogen-bond donors (Lipinski definition) is 0. The summed E-state index contributed by atoms with van der Waals surface area (Å²) < 4.78 is 5.49. The predicted octanol–water partition coefficient (Wildman–Crippen LogP) is 4.12. The standard InChI is InChI=1S/C15H28O2/c1-3-4-5-6-7-8-9-10-14(16)15-13(2)11-12-17-15/h13,15H,3-12H2,1-2H3. The van der Waals surface area contributed by atoms with E-state index in [0.717, 1.165) is 25.9 Å². The lowest BCUT2D eigenvalue weighted by molar-refractivity contribution is -0.129. The second-order valence-electron chi connectivity index (χ2n) is 5.39. The molecular formula is C15H28O2. The van der Waals surface area contributed by atoms with E-state index in [2.05, 4.69) is 13.8 Å².